The zero-order chi connectivity index (χ0) is 31.0. The maximum Gasteiger partial charge on any atom is 0.416 e. The largest absolute Gasteiger partial charge is 0.457 e. The molecule has 0 bridgehead atoms. The summed E-state index contributed by atoms with van der Waals surface area (Å²) in [5.41, 5.74) is 1.17. The van der Waals surface area contributed by atoms with Crippen molar-refractivity contribution < 1.29 is 31.1 Å². The van der Waals surface area contributed by atoms with E-state index in [0.717, 1.165) is 69.3 Å². The molecule has 0 aliphatic carbocycles. The Bertz CT molecular complexity index is 1450. The van der Waals surface area contributed by atoms with Gasteiger partial charge in [-0.3, -0.25) is 9.62 Å². The Morgan fingerprint density at radius 3 is 2.00 bits per heavy atom. The molecule has 1 aliphatic rings. The summed E-state index contributed by atoms with van der Waals surface area (Å²) >= 11 is 0. The molecule has 240 valence electrons. The molecule has 2 amide bonds. The van der Waals surface area contributed by atoms with Crippen LogP contribution < -0.4 is 14.8 Å². The number of carbonyl (C=O) groups is 1. The minimum Gasteiger partial charge on any atom is -0.457 e. The van der Waals surface area contributed by atoms with Gasteiger partial charge in [0.2, 0.25) is 10.0 Å². The lowest BCUT2D eigenvalue weighted by molar-refractivity contribution is -0.137. The Labute approximate surface area is 263 Å². The zero-order valence-electron chi connectivity index (χ0n) is 24.6. The number of nitrogens with one attached hydrogen (secondary N) is 2. The zero-order valence-corrected chi connectivity index (χ0v) is 26.3. The molecule has 0 radical (unpaired) electrons. The summed E-state index contributed by atoms with van der Waals surface area (Å²) in [6.07, 6.45) is 0.0446. The van der Waals surface area contributed by atoms with Crippen LogP contribution >= 0.6 is 12.4 Å². The van der Waals surface area contributed by atoms with Crippen molar-refractivity contribution in [2.75, 3.05) is 35.9 Å². The summed E-state index contributed by atoms with van der Waals surface area (Å²) in [6.45, 7) is 5.03. The van der Waals surface area contributed by atoms with E-state index in [1.807, 2.05) is 29.2 Å². The molecule has 2 N–H and O–H groups in total. The van der Waals surface area contributed by atoms with Crippen LogP contribution in [0.5, 0.6) is 11.5 Å². The van der Waals surface area contributed by atoms with E-state index < -0.39 is 21.8 Å². The Balaban J connectivity index is 0.00000529. The smallest absolute Gasteiger partial charge is 0.416 e. The Morgan fingerprint density at radius 2 is 1.48 bits per heavy atom. The number of piperidine rings is 1. The third-order valence-corrected chi connectivity index (χ3v) is 7.80. The van der Waals surface area contributed by atoms with Gasteiger partial charge in [-0.15, -0.1) is 12.4 Å². The summed E-state index contributed by atoms with van der Waals surface area (Å²) in [5, 5.41) is 2.78. The van der Waals surface area contributed by atoms with Gasteiger partial charge in [0.15, 0.2) is 0 Å². The van der Waals surface area contributed by atoms with Crippen LogP contribution in [-0.2, 0) is 22.7 Å². The molecule has 0 aromatic heterocycles. The van der Waals surface area contributed by atoms with Gasteiger partial charge in [0.1, 0.15) is 11.5 Å². The molecular formula is C31H38ClF3N4O4S. The highest BCUT2D eigenvalue weighted by molar-refractivity contribution is 7.92. The number of anilines is 2. The molecule has 0 saturated carbocycles. The van der Waals surface area contributed by atoms with E-state index in [-0.39, 0.29) is 24.5 Å². The number of sulfonamides is 1. The van der Waals surface area contributed by atoms with Crippen molar-refractivity contribution in [2.24, 2.45) is 0 Å². The van der Waals surface area contributed by atoms with Gasteiger partial charge in [-0.2, -0.15) is 13.2 Å². The number of alkyl halides is 3. The Kier molecular flexibility index (Phi) is 12.3. The lowest BCUT2D eigenvalue weighted by Crippen LogP contribution is -2.49. The van der Waals surface area contributed by atoms with Gasteiger partial charge in [-0.1, -0.05) is 25.5 Å². The first-order chi connectivity index (χ1) is 20.4. The average Bonchev–Trinajstić information content (AvgIpc) is 2.95. The molecule has 44 heavy (non-hydrogen) atoms. The van der Waals surface area contributed by atoms with Crippen molar-refractivity contribution >= 4 is 39.8 Å². The second kappa shape index (κ2) is 15.5. The number of carbonyl (C=O) groups excluding carboxylic acids is 1. The van der Waals surface area contributed by atoms with E-state index in [4.69, 9.17) is 4.74 Å². The number of rotatable bonds is 11. The number of likely N-dealkylation sites (tertiary alicyclic amines) is 1. The number of unbranched alkanes of at least 4 members (excludes halogenated alkanes) is 1. The average molecular weight is 655 g/mol. The third kappa shape index (κ3) is 10.6. The van der Waals surface area contributed by atoms with Gasteiger partial charge in [0.25, 0.3) is 0 Å². The molecule has 13 heteroatoms. The first-order valence-corrected chi connectivity index (χ1v) is 16.1. The van der Waals surface area contributed by atoms with E-state index in [2.05, 4.69) is 21.9 Å². The molecule has 1 aliphatic heterocycles. The predicted molar refractivity (Wildman–Crippen MR) is 169 cm³/mol. The topological polar surface area (TPSA) is 91.0 Å². The molecule has 0 atom stereocenters. The van der Waals surface area contributed by atoms with E-state index in [1.54, 1.807) is 24.3 Å². The predicted octanol–water partition coefficient (Wildman–Crippen LogP) is 7.59. The van der Waals surface area contributed by atoms with Crippen LogP contribution in [0.4, 0.5) is 29.3 Å². The number of urea groups is 1. The molecule has 3 aromatic rings. The SMILES string of the molecule is CCCCN(C(=O)Nc1ccc(C(F)(F)F)cc1)C1CCN(Cc2ccc(Oc3ccc(NS(C)(=O)=O)cc3)cc2)CC1.Cl. The van der Waals surface area contributed by atoms with E-state index >= 15 is 0 Å². The first kappa shape index (κ1) is 35.0. The highest BCUT2D eigenvalue weighted by atomic mass is 35.5. The number of amides is 2. The summed E-state index contributed by atoms with van der Waals surface area (Å²) in [5.74, 6) is 1.25. The number of hydrogen-bond donors (Lipinski definition) is 2. The van der Waals surface area contributed by atoms with Gasteiger partial charge in [-0.05, 0) is 85.5 Å². The maximum absolute atomic E-state index is 13.1. The number of hydrogen-bond acceptors (Lipinski definition) is 5. The molecule has 0 spiro atoms. The molecule has 1 saturated heterocycles. The normalized spacial score (nSPS) is 14.4. The fourth-order valence-corrected chi connectivity index (χ4v) is 5.53. The van der Waals surface area contributed by atoms with Crippen LogP contribution in [0.25, 0.3) is 0 Å². The van der Waals surface area contributed by atoms with Gasteiger partial charge in [0.05, 0.1) is 11.8 Å². The minimum atomic E-state index is -4.42. The van der Waals surface area contributed by atoms with Crippen LogP contribution in [0, 0.1) is 0 Å². The molecule has 8 nitrogen and oxygen atoms in total. The van der Waals surface area contributed by atoms with Crippen LogP contribution in [0.3, 0.4) is 0 Å². The lowest BCUT2D eigenvalue weighted by Gasteiger charge is -2.38. The molecule has 3 aromatic carbocycles. The van der Waals surface area contributed by atoms with Gasteiger partial charge in [0, 0.05) is 43.6 Å². The summed E-state index contributed by atoms with van der Waals surface area (Å²) in [7, 11) is -3.34. The van der Waals surface area contributed by atoms with E-state index in [1.165, 1.54) is 12.1 Å². The summed E-state index contributed by atoms with van der Waals surface area (Å²) in [4.78, 5) is 17.3. The monoisotopic (exact) mass is 654 g/mol. The standard InChI is InChI=1S/C31H37F3N4O4S.ClH/c1-3-4-19-38(30(39)35-25-9-7-24(8-10-25)31(32,33)34)27-17-20-37(21-18-27)22-23-5-13-28(14-6-23)42-29-15-11-26(12-16-29)36-43(2,40)41;/h5-16,27,36H,3-4,17-22H2,1-2H3,(H,35,39);1H. The second-order valence-electron chi connectivity index (χ2n) is 10.7. The molecular weight excluding hydrogens is 617 g/mol. The highest BCUT2D eigenvalue weighted by Gasteiger charge is 2.31. The van der Waals surface area contributed by atoms with Crippen molar-refractivity contribution in [2.45, 2.75) is 51.4 Å². The van der Waals surface area contributed by atoms with Crippen molar-refractivity contribution in [3.05, 3.63) is 83.9 Å². The molecule has 1 heterocycles. The van der Waals surface area contributed by atoms with Crippen LogP contribution in [0.2, 0.25) is 0 Å². The quantitative estimate of drug-likeness (QED) is 0.222. The van der Waals surface area contributed by atoms with E-state index in [9.17, 15) is 26.4 Å². The highest BCUT2D eigenvalue weighted by Crippen LogP contribution is 2.30. The first-order valence-electron chi connectivity index (χ1n) is 14.2. The summed E-state index contributed by atoms with van der Waals surface area (Å²) < 4.78 is 69.7. The minimum absolute atomic E-state index is 0. The van der Waals surface area contributed by atoms with Gasteiger partial charge < -0.3 is 15.0 Å². The Morgan fingerprint density at radius 1 is 0.932 bits per heavy atom. The number of benzene rings is 3. The van der Waals surface area contributed by atoms with Crippen LogP contribution in [-0.4, -0.2) is 56.2 Å². The summed E-state index contributed by atoms with van der Waals surface area (Å²) in [6, 6.07) is 18.7. The van der Waals surface area contributed by atoms with Crippen molar-refractivity contribution in [3.8, 4) is 11.5 Å². The number of ether oxygens (including phenoxy) is 1. The van der Waals surface area contributed by atoms with Crippen molar-refractivity contribution in [1.82, 2.24) is 9.80 Å². The van der Waals surface area contributed by atoms with Gasteiger partial charge >= 0.3 is 12.2 Å². The maximum atomic E-state index is 13.1. The fourth-order valence-electron chi connectivity index (χ4n) is 4.97. The third-order valence-electron chi connectivity index (χ3n) is 7.20. The molecule has 4 rings (SSSR count). The number of nitrogens with zero attached hydrogens (tertiary/aromatic N) is 2. The molecule has 1 fully saturated rings. The number of halogens is 4. The second-order valence-corrected chi connectivity index (χ2v) is 12.5. The van der Waals surface area contributed by atoms with Crippen molar-refractivity contribution in [1.29, 1.82) is 0 Å². The van der Waals surface area contributed by atoms with E-state index in [0.29, 0.717) is 29.4 Å². The lowest BCUT2D eigenvalue weighted by atomic mass is 10.0. The van der Waals surface area contributed by atoms with Crippen LogP contribution in [0.15, 0.2) is 72.8 Å². The van der Waals surface area contributed by atoms with Gasteiger partial charge in [-0.25, -0.2) is 13.2 Å². The Hall–Kier alpha value is -3.48. The van der Waals surface area contributed by atoms with Crippen LogP contribution in [0.1, 0.15) is 43.7 Å². The fraction of sp³-hybridized carbons (Fsp3) is 0.387. The van der Waals surface area contributed by atoms with Crippen molar-refractivity contribution in [3.63, 3.8) is 0 Å². The molecule has 0 unspecified atom stereocenters.